The van der Waals surface area contributed by atoms with Gasteiger partial charge in [0.15, 0.2) is 0 Å². The van der Waals surface area contributed by atoms with Crippen molar-refractivity contribution in [3.63, 3.8) is 0 Å². The number of hydrogen-bond donors (Lipinski definition) is 0. The summed E-state index contributed by atoms with van der Waals surface area (Å²) in [4.78, 5) is 4.71. The zero-order valence-electron chi connectivity index (χ0n) is 12.2. The lowest BCUT2D eigenvalue weighted by molar-refractivity contribution is 0.324. The summed E-state index contributed by atoms with van der Waals surface area (Å²) in [5.74, 6) is 1.91. The number of para-hydroxylation sites is 2. The van der Waals surface area contributed by atoms with Crippen LogP contribution in [0.5, 0.6) is 0 Å². The second-order valence-electron chi connectivity index (χ2n) is 6.02. The minimum Gasteiger partial charge on any atom is -0.327 e. The van der Waals surface area contributed by atoms with Gasteiger partial charge in [-0.25, -0.2) is 4.98 Å². The van der Waals surface area contributed by atoms with Crippen LogP contribution in [-0.2, 0) is 6.54 Å². The average Bonchev–Trinajstić information content (AvgIpc) is 2.85. The second-order valence-corrected chi connectivity index (χ2v) is 6.67. The summed E-state index contributed by atoms with van der Waals surface area (Å²) >= 11 is 6.32. The Morgan fingerprint density at radius 1 is 1.25 bits per heavy atom. The van der Waals surface area contributed by atoms with Crippen LogP contribution in [0.3, 0.4) is 0 Å². The summed E-state index contributed by atoms with van der Waals surface area (Å²) in [6.07, 6.45) is 8.31. The molecule has 0 spiro atoms. The molecule has 1 heterocycles. The Bertz CT molecular complexity index is 567. The highest BCUT2D eigenvalue weighted by Gasteiger charge is 2.17. The first-order valence-corrected chi connectivity index (χ1v) is 8.28. The molecule has 0 bridgehead atoms. The van der Waals surface area contributed by atoms with Crippen LogP contribution < -0.4 is 0 Å². The number of alkyl halides is 1. The Hall–Kier alpha value is -1.02. The Morgan fingerprint density at radius 2 is 2.00 bits per heavy atom. The zero-order chi connectivity index (χ0) is 13.9. The number of fused-ring (bicyclic) bond motifs is 1. The van der Waals surface area contributed by atoms with Crippen molar-refractivity contribution in [2.24, 2.45) is 5.92 Å². The molecule has 1 atom stereocenters. The van der Waals surface area contributed by atoms with E-state index in [2.05, 4.69) is 22.8 Å². The molecule has 1 aliphatic rings. The SMILES string of the molecule is CC(Cl)c1nc2ccccc2n1CCC1CCCCC1. The predicted octanol–water partition coefficient (Wildman–Crippen LogP) is 5.31. The molecule has 1 aliphatic carbocycles. The van der Waals surface area contributed by atoms with E-state index >= 15 is 0 Å². The van der Waals surface area contributed by atoms with Crippen molar-refractivity contribution in [2.45, 2.75) is 57.4 Å². The summed E-state index contributed by atoms with van der Waals surface area (Å²) < 4.78 is 2.33. The molecule has 3 heteroatoms. The van der Waals surface area contributed by atoms with Crippen molar-refractivity contribution in [2.75, 3.05) is 0 Å². The highest BCUT2D eigenvalue weighted by molar-refractivity contribution is 6.20. The van der Waals surface area contributed by atoms with E-state index < -0.39 is 0 Å². The number of aryl methyl sites for hydroxylation is 1. The van der Waals surface area contributed by atoms with Gasteiger partial charge in [0.2, 0.25) is 0 Å². The van der Waals surface area contributed by atoms with Gasteiger partial charge in [0.25, 0.3) is 0 Å². The third kappa shape index (κ3) is 2.85. The lowest BCUT2D eigenvalue weighted by atomic mass is 9.87. The molecule has 1 saturated carbocycles. The van der Waals surface area contributed by atoms with Crippen LogP contribution in [0.2, 0.25) is 0 Å². The van der Waals surface area contributed by atoms with E-state index in [1.807, 2.05) is 13.0 Å². The van der Waals surface area contributed by atoms with Crippen LogP contribution in [0.25, 0.3) is 11.0 Å². The molecular formula is C17H23ClN2. The topological polar surface area (TPSA) is 17.8 Å². The van der Waals surface area contributed by atoms with E-state index in [-0.39, 0.29) is 5.38 Å². The Kier molecular flexibility index (Phi) is 4.30. The molecule has 1 aromatic heterocycles. The molecular weight excluding hydrogens is 268 g/mol. The van der Waals surface area contributed by atoms with E-state index in [1.165, 1.54) is 44.0 Å². The van der Waals surface area contributed by atoms with E-state index in [4.69, 9.17) is 16.6 Å². The fourth-order valence-electron chi connectivity index (χ4n) is 3.42. The van der Waals surface area contributed by atoms with Gasteiger partial charge in [-0.1, -0.05) is 44.2 Å². The third-order valence-electron chi connectivity index (χ3n) is 4.53. The first kappa shape index (κ1) is 13.9. The van der Waals surface area contributed by atoms with Gasteiger partial charge >= 0.3 is 0 Å². The first-order chi connectivity index (χ1) is 9.75. The first-order valence-electron chi connectivity index (χ1n) is 7.85. The van der Waals surface area contributed by atoms with Crippen molar-refractivity contribution in [3.05, 3.63) is 30.1 Å². The highest BCUT2D eigenvalue weighted by Crippen LogP contribution is 2.29. The smallest absolute Gasteiger partial charge is 0.127 e. The van der Waals surface area contributed by atoms with Crippen LogP contribution in [0.4, 0.5) is 0 Å². The van der Waals surface area contributed by atoms with Gasteiger partial charge in [0.05, 0.1) is 16.4 Å². The average molecular weight is 291 g/mol. The number of benzene rings is 1. The van der Waals surface area contributed by atoms with Crippen molar-refractivity contribution >= 4 is 22.6 Å². The number of halogens is 1. The van der Waals surface area contributed by atoms with Gasteiger partial charge < -0.3 is 4.57 Å². The van der Waals surface area contributed by atoms with Gasteiger partial charge in [-0.15, -0.1) is 11.6 Å². The standard InChI is InChI=1S/C17H23ClN2/c1-13(18)17-19-15-9-5-6-10-16(15)20(17)12-11-14-7-3-2-4-8-14/h5-6,9-10,13-14H,2-4,7-8,11-12H2,1H3. The summed E-state index contributed by atoms with van der Waals surface area (Å²) in [6.45, 7) is 3.07. The molecule has 1 fully saturated rings. The molecule has 2 nitrogen and oxygen atoms in total. The fraction of sp³-hybridized carbons (Fsp3) is 0.588. The van der Waals surface area contributed by atoms with Crippen LogP contribution in [0.1, 0.15) is 56.7 Å². The highest BCUT2D eigenvalue weighted by atomic mass is 35.5. The monoisotopic (exact) mass is 290 g/mol. The molecule has 0 amide bonds. The Balaban J connectivity index is 1.83. The lowest BCUT2D eigenvalue weighted by Gasteiger charge is -2.22. The van der Waals surface area contributed by atoms with Crippen molar-refractivity contribution in [3.8, 4) is 0 Å². The molecule has 0 aliphatic heterocycles. The minimum atomic E-state index is -0.0336. The molecule has 0 radical (unpaired) electrons. The maximum atomic E-state index is 6.32. The number of rotatable bonds is 4. The van der Waals surface area contributed by atoms with E-state index in [1.54, 1.807) is 0 Å². The van der Waals surface area contributed by atoms with Gasteiger partial charge in [0.1, 0.15) is 5.82 Å². The number of hydrogen-bond acceptors (Lipinski definition) is 1. The molecule has 108 valence electrons. The quantitative estimate of drug-likeness (QED) is 0.698. The molecule has 1 aromatic carbocycles. The van der Waals surface area contributed by atoms with Gasteiger partial charge in [-0.2, -0.15) is 0 Å². The summed E-state index contributed by atoms with van der Waals surface area (Å²) in [5, 5.41) is -0.0336. The number of imidazole rings is 1. The lowest BCUT2D eigenvalue weighted by Crippen LogP contribution is -2.12. The molecule has 2 aromatic rings. The summed E-state index contributed by atoms with van der Waals surface area (Å²) in [5.41, 5.74) is 2.30. The number of nitrogens with zero attached hydrogens (tertiary/aromatic N) is 2. The van der Waals surface area contributed by atoms with Crippen LogP contribution >= 0.6 is 11.6 Å². The normalized spacial score (nSPS) is 18.5. The van der Waals surface area contributed by atoms with Crippen molar-refractivity contribution in [1.82, 2.24) is 9.55 Å². The fourth-order valence-corrected chi connectivity index (χ4v) is 3.59. The Morgan fingerprint density at radius 3 is 2.75 bits per heavy atom. The third-order valence-corrected chi connectivity index (χ3v) is 4.72. The van der Waals surface area contributed by atoms with Gasteiger partial charge in [0, 0.05) is 6.54 Å². The van der Waals surface area contributed by atoms with E-state index in [0.717, 1.165) is 23.8 Å². The van der Waals surface area contributed by atoms with E-state index in [0.29, 0.717) is 0 Å². The van der Waals surface area contributed by atoms with Gasteiger partial charge in [-0.05, 0) is 31.4 Å². The summed E-state index contributed by atoms with van der Waals surface area (Å²) in [6, 6.07) is 8.37. The van der Waals surface area contributed by atoms with Crippen LogP contribution in [0.15, 0.2) is 24.3 Å². The zero-order valence-corrected chi connectivity index (χ0v) is 12.9. The van der Waals surface area contributed by atoms with Crippen molar-refractivity contribution < 1.29 is 0 Å². The van der Waals surface area contributed by atoms with Gasteiger partial charge in [-0.3, -0.25) is 0 Å². The maximum absolute atomic E-state index is 6.32. The molecule has 3 rings (SSSR count). The van der Waals surface area contributed by atoms with Crippen LogP contribution in [0, 0.1) is 5.92 Å². The second kappa shape index (κ2) is 6.17. The predicted molar refractivity (Wildman–Crippen MR) is 85.2 cm³/mol. The van der Waals surface area contributed by atoms with Crippen molar-refractivity contribution in [1.29, 1.82) is 0 Å². The molecule has 1 unspecified atom stereocenters. The minimum absolute atomic E-state index is 0.0336. The molecule has 0 N–H and O–H groups in total. The van der Waals surface area contributed by atoms with E-state index in [9.17, 15) is 0 Å². The number of aromatic nitrogens is 2. The molecule has 0 saturated heterocycles. The largest absolute Gasteiger partial charge is 0.327 e. The Labute approximate surface area is 126 Å². The summed E-state index contributed by atoms with van der Waals surface area (Å²) in [7, 11) is 0. The van der Waals surface area contributed by atoms with Crippen LogP contribution in [-0.4, -0.2) is 9.55 Å². The maximum Gasteiger partial charge on any atom is 0.127 e. The molecule has 20 heavy (non-hydrogen) atoms.